The normalized spacial score (nSPS) is 50.9. The molecule has 0 spiro atoms. The Morgan fingerprint density at radius 2 is 1.02 bits per heavy atom. The van der Waals surface area contributed by atoms with Crippen LogP contribution in [0.25, 0.3) is 0 Å². The van der Waals surface area contributed by atoms with Crippen LogP contribution in [-0.2, 0) is 56.8 Å². The van der Waals surface area contributed by atoms with Crippen molar-refractivity contribution in [2.45, 2.75) is 322 Å². The van der Waals surface area contributed by atoms with Gasteiger partial charge in [0.05, 0.1) is 94.1 Å². The van der Waals surface area contributed by atoms with Crippen LogP contribution in [0.2, 0.25) is 0 Å². The van der Waals surface area contributed by atoms with Crippen molar-refractivity contribution in [2.24, 2.45) is 45.3 Å². The van der Waals surface area contributed by atoms with E-state index < -0.39 is 245 Å². The van der Waals surface area contributed by atoms with Crippen LogP contribution in [-0.4, -0.2) is 338 Å². The molecule has 10 aliphatic rings. The predicted octanol–water partition coefficient (Wildman–Crippen LogP) is -5.13. The van der Waals surface area contributed by atoms with Gasteiger partial charge in [0, 0.05) is 23.7 Å². The number of fused-ring (bicyclic) bond motifs is 5. The highest BCUT2D eigenvalue weighted by molar-refractivity contribution is 5.32. The smallest absolute Gasteiger partial charge is 0.187 e. The molecule has 6 heterocycles. The van der Waals surface area contributed by atoms with E-state index in [1.807, 2.05) is 13.8 Å². The van der Waals surface area contributed by atoms with Crippen LogP contribution in [0.1, 0.15) is 126 Å². The lowest BCUT2D eigenvalue weighted by Gasteiger charge is -2.67. The minimum absolute atomic E-state index is 0.0142. The third-order valence-electron chi connectivity index (χ3n) is 25.0. The standard InChI is InChI=1S/C67H114O32/c1-27(9-13-42(64(4,5)87)97-62-56(98-59-44(76)34(73)20-29(23-69)91-59)52(84)48(80)38(95-62)26-89-57-43(75)33(72)19-28(22-68)90-57)30-15-17-65(6)39-12-10-31-32(67(39,8)40(74)21-66(30,65)7)11-14-41(63(31,2)3)96-61-55(99-60-54(86)50(82)47(79)37(25-71)94-60)51(83)45(77)35(92-61)16-18-88-58-53(85)49(81)46(78)36(24-70)93-58/h10,27-30,32-62,68-87H,9,11-26H2,1-8H3/t27-,28+,29+,30-,32-,33+,34+,35-,36-,37-,38-,39+,40+,41+,42-,43-,44-,45-,46-,47-,48-,49+,50+,51+,52+,53-,54-,55-,56-,57-,58-,59+,60+,61+,62+,65+,66-,67+/m1/s1. The van der Waals surface area contributed by atoms with Crippen LogP contribution in [0.3, 0.4) is 0 Å². The zero-order chi connectivity index (χ0) is 72.5. The molecule has 38 atom stereocenters. The van der Waals surface area contributed by atoms with Gasteiger partial charge in [0.1, 0.15) is 104 Å². The first-order chi connectivity index (χ1) is 46.5. The van der Waals surface area contributed by atoms with Crippen LogP contribution in [0.15, 0.2) is 11.6 Å². The second kappa shape index (κ2) is 31.7. The molecular formula is C67H114O32. The van der Waals surface area contributed by atoms with Crippen LogP contribution in [0, 0.1) is 45.3 Å². The van der Waals surface area contributed by atoms with E-state index in [0.717, 1.165) is 18.4 Å². The lowest BCUT2D eigenvalue weighted by Crippen LogP contribution is -2.66. The third kappa shape index (κ3) is 15.4. The summed E-state index contributed by atoms with van der Waals surface area (Å²) >= 11 is 0. The Morgan fingerprint density at radius 1 is 0.515 bits per heavy atom. The molecule has 10 rings (SSSR count). The van der Waals surface area contributed by atoms with Crippen molar-refractivity contribution in [1.82, 2.24) is 0 Å². The molecule has 6 saturated heterocycles. The molecule has 0 unspecified atom stereocenters. The van der Waals surface area contributed by atoms with Crippen molar-refractivity contribution in [3.63, 3.8) is 0 Å². The van der Waals surface area contributed by atoms with E-state index in [-0.39, 0.29) is 61.4 Å². The first-order valence-corrected chi connectivity index (χ1v) is 35.4. The summed E-state index contributed by atoms with van der Waals surface area (Å²) in [5, 5.41) is 218. The van der Waals surface area contributed by atoms with Gasteiger partial charge in [0.25, 0.3) is 0 Å². The van der Waals surface area contributed by atoms with E-state index >= 15 is 0 Å². The molecule has 32 heteroatoms. The van der Waals surface area contributed by atoms with Gasteiger partial charge in [-0.2, -0.15) is 0 Å². The fraction of sp³-hybridized carbons (Fsp3) is 0.970. The number of aliphatic hydroxyl groups is 20. The summed E-state index contributed by atoms with van der Waals surface area (Å²) in [6.45, 7) is 12.6. The molecule has 0 aromatic heterocycles. The number of allylic oxidation sites excluding steroid dienone is 1. The summed E-state index contributed by atoms with van der Waals surface area (Å²) in [5.41, 5.74) is -2.75. The van der Waals surface area contributed by atoms with Gasteiger partial charge in [-0.15, -0.1) is 0 Å². The maximum absolute atomic E-state index is 13.0. The monoisotopic (exact) mass is 1430 g/mol. The highest BCUT2D eigenvalue weighted by Crippen LogP contribution is 2.75. The molecule has 20 N–H and O–H groups in total. The van der Waals surface area contributed by atoms with Crippen LogP contribution in [0.5, 0.6) is 0 Å². The second-order valence-electron chi connectivity index (χ2n) is 31.7. The van der Waals surface area contributed by atoms with Crippen molar-refractivity contribution in [3.05, 3.63) is 11.6 Å². The van der Waals surface area contributed by atoms with Gasteiger partial charge in [-0.05, 0) is 106 Å². The highest BCUT2D eigenvalue weighted by atomic mass is 16.8. The summed E-state index contributed by atoms with van der Waals surface area (Å²) in [7, 11) is 0. The molecule has 0 amide bonds. The van der Waals surface area contributed by atoms with Crippen molar-refractivity contribution < 1.29 is 159 Å². The van der Waals surface area contributed by atoms with E-state index in [1.165, 1.54) is 0 Å². The topological polar surface area (TPSA) is 515 Å². The zero-order valence-electron chi connectivity index (χ0n) is 57.6. The van der Waals surface area contributed by atoms with E-state index in [0.29, 0.717) is 32.1 Å². The molecule has 99 heavy (non-hydrogen) atoms. The zero-order valence-corrected chi connectivity index (χ0v) is 57.6. The molecule has 6 aliphatic heterocycles. The number of hydrogen-bond donors (Lipinski definition) is 20. The average molecular weight is 1430 g/mol. The van der Waals surface area contributed by atoms with Gasteiger partial charge >= 0.3 is 0 Å². The minimum Gasteiger partial charge on any atom is -0.394 e. The van der Waals surface area contributed by atoms with E-state index in [4.69, 9.17) is 56.8 Å². The van der Waals surface area contributed by atoms with Gasteiger partial charge < -0.3 is 159 Å². The largest absolute Gasteiger partial charge is 0.394 e. The molecule has 0 radical (unpaired) electrons. The quantitative estimate of drug-likeness (QED) is 0.0402. The average Bonchev–Trinajstić information content (AvgIpc) is 1.65. The van der Waals surface area contributed by atoms with E-state index in [2.05, 4.69) is 33.8 Å². The van der Waals surface area contributed by atoms with Gasteiger partial charge in [0.2, 0.25) is 0 Å². The summed E-state index contributed by atoms with van der Waals surface area (Å²) in [4.78, 5) is 0. The predicted molar refractivity (Wildman–Crippen MR) is 335 cm³/mol. The number of aliphatic hydroxyl groups excluding tert-OH is 19. The summed E-state index contributed by atoms with van der Waals surface area (Å²) in [6.07, 6.45) is -40.3. The number of hydrogen-bond acceptors (Lipinski definition) is 32. The molecule has 9 fully saturated rings. The molecule has 0 aromatic rings. The Balaban J connectivity index is 0.844. The second-order valence-corrected chi connectivity index (χ2v) is 31.7. The molecule has 0 aromatic carbocycles. The summed E-state index contributed by atoms with van der Waals surface area (Å²) < 4.78 is 72.7. The van der Waals surface area contributed by atoms with Crippen LogP contribution in [0.4, 0.5) is 0 Å². The maximum Gasteiger partial charge on any atom is 0.187 e. The molecule has 4 aliphatic carbocycles. The van der Waals surface area contributed by atoms with Crippen molar-refractivity contribution in [2.75, 3.05) is 39.6 Å². The molecule has 0 bridgehead atoms. The lowest BCUT2D eigenvalue weighted by molar-refractivity contribution is -0.375. The first-order valence-electron chi connectivity index (χ1n) is 35.4. The Hall–Kier alpha value is -1.54. The Morgan fingerprint density at radius 3 is 1.61 bits per heavy atom. The number of ether oxygens (including phenoxy) is 12. The van der Waals surface area contributed by atoms with Crippen molar-refractivity contribution in [1.29, 1.82) is 0 Å². The number of rotatable bonds is 24. The minimum atomic E-state index is -1.91. The van der Waals surface area contributed by atoms with Crippen molar-refractivity contribution in [3.8, 4) is 0 Å². The van der Waals surface area contributed by atoms with Gasteiger partial charge in [-0.3, -0.25) is 0 Å². The summed E-state index contributed by atoms with van der Waals surface area (Å²) in [6, 6.07) is 0. The van der Waals surface area contributed by atoms with Crippen LogP contribution < -0.4 is 0 Å². The lowest BCUT2D eigenvalue weighted by atomic mass is 9.38. The fourth-order valence-electron chi connectivity index (χ4n) is 18.6. The fourth-order valence-corrected chi connectivity index (χ4v) is 18.6. The van der Waals surface area contributed by atoms with Crippen LogP contribution >= 0.6 is 0 Å². The molecule has 32 nitrogen and oxygen atoms in total. The maximum atomic E-state index is 13.0. The SMILES string of the molecule is C[C@H](CC[C@@H](O[C@@H]1O[C@H](CO[C@@H]2O[C@H](CO)C[C@H](O)[C@H]2O)[C@@H](O)[C@H](O)[C@H]1O[C@@H]1O[C@H](CO)C[C@H](O)[C@H]1O)C(C)(C)O)[C@H]1CC[C@@]2(C)[C@@H]3CC=C4[C@@H](CC[C@H](O[C@@H]5O[C@H](CCO[C@@H]6O[C@H](CO)[C@@H](O)[C@H](O)[C@H]6O)[C@@H](O)[C@H](O)[C@H]5O[C@@H]5O[C@H](CO)[C@@H](O)[C@H](O)[C@H]5O)C4(C)C)[C@]3(C)[C@@H](O)C[C@]12C. The summed E-state index contributed by atoms with van der Waals surface area (Å²) in [5.74, 6) is -0.147. The highest BCUT2D eigenvalue weighted by Gasteiger charge is 2.71. The van der Waals surface area contributed by atoms with E-state index in [9.17, 15) is 102 Å². The van der Waals surface area contributed by atoms with Gasteiger partial charge in [-0.1, -0.05) is 53.2 Å². The Bertz CT molecular complexity index is 2620. The van der Waals surface area contributed by atoms with E-state index in [1.54, 1.807) is 13.8 Å². The molecule has 574 valence electrons. The van der Waals surface area contributed by atoms with Gasteiger partial charge in [0.15, 0.2) is 37.7 Å². The first kappa shape index (κ1) is 80.0. The Kier molecular flexibility index (Phi) is 25.6. The third-order valence-corrected chi connectivity index (χ3v) is 25.0. The van der Waals surface area contributed by atoms with Crippen molar-refractivity contribution >= 4 is 0 Å². The van der Waals surface area contributed by atoms with Gasteiger partial charge in [-0.25, -0.2) is 0 Å². The molecular weight excluding hydrogens is 1320 g/mol. The molecule has 3 saturated carbocycles. The Labute approximate surface area is 575 Å².